The molecule has 0 aromatic heterocycles. The van der Waals surface area contributed by atoms with Crippen LogP contribution in [0.15, 0.2) is 18.2 Å². The minimum absolute atomic E-state index is 0.0808. The van der Waals surface area contributed by atoms with Gasteiger partial charge in [0.25, 0.3) is 0 Å². The zero-order valence-corrected chi connectivity index (χ0v) is 12.9. The molecular formula is C16H19F3O4. The van der Waals surface area contributed by atoms with E-state index in [1.54, 1.807) is 0 Å². The first kappa shape index (κ1) is 17.4. The highest BCUT2D eigenvalue weighted by Crippen LogP contribution is 2.43. The molecular weight excluding hydrogens is 313 g/mol. The van der Waals surface area contributed by atoms with E-state index in [2.05, 4.69) is 4.74 Å². The number of hydrogen-bond acceptors (Lipinski definition) is 3. The van der Waals surface area contributed by atoms with Gasteiger partial charge in [-0.1, -0.05) is 13.8 Å². The highest BCUT2D eigenvalue weighted by molar-refractivity contribution is 5.88. The van der Waals surface area contributed by atoms with Gasteiger partial charge in [0.15, 0.2) is 11.5 Å². The van der Waals surface area contributed by atoms with Gasteiger partial charge in [-0.2, -0.15) is 0 Å². The van der Waals surface area contributed by atoms with Gasteiger partial charge in [-0.15, -0.1) is 13.2 Å². The third-order valence-electron chi connectivity index (χ3n) is 4.23. The van der Waals surface area contributed by atoms with Gasteiger partial charge in [0, 0.05) is 0 Å². The highest BCUT2D eigenvalue weighted by Gasteiger charge is 2.41. The molecule has 7 heteroatoms. The standard InChI is InChI=1S/C16H19F3O4/c1-10(2)15(7-3-4-8-15)22-13-9-11(14(20)21)5-6-12(13)23-16(17,18)19/h5-6,9-10H,3-4,7-8H2,1-2H3,(H,20,21). The number of carbonyl (C=O) groups is 1. The van der Waals surface area contributed by atoms with Crippen LogP contribution in [0.3, 0.4) is 0 Å². The van der Waals surface area contributed by atoms with Crippen molar-refractivity contribution in [2.24, 2.45) is 5.92 Å². The molecule has 4 nitrogen and oxygen atoms in total. The Labute approximate surface area is 132 Å². The van der Waals surface area contributed by atoms with Crippen molar-refractivity contribution >= 4 is 5.97 Å². The summed E-state index contributed by atoms with van der Waals surface area (Å²) >= 11 is 0. The maximum Gasteiger partial charge on any atom is 0.573 e. The third kappa shape index (κ3) is 4.09. The number of benzene rings is 1. The zero-order chi connectivity index (χ0) is 17.3. The summed E-state index contributed by atoms with van der Waals surface area (Å²) in [5, 5.41) is 9.05. The second kappa shape index (κ2) is 6.29. The first-order valence-corrected chi connectivity index (χ1v) is 7.45. The molecule has 1 aromatic carbocycles. The van der Waals surface area contributed by atoms with Crippen LogP contribution in [0.2, 0.25) is 0 Å². The molecule has 0 atom stereocenters. The first-order valence-electron chi connectivity index (χ1n) is 7.45. The molecule has 0 radical (unpaired) electrons. The lowest BCUT2D eigenvalue weighted by atomic mass is 9.88. The van der Waals surface area contributed by atoms with Gasteiger partial charge in [0.05, 0.1) is 5.56 Å². The summed E-state index contributed by atoms with van der Waals surface area (Å²) in [5.74, 6) is -1.86. The first-order chi connectivity index (χ1) is 10.6. The van der Waals surface area contributed by atoms with Crippen molar-refractivity contribution in [2.75, 3.05) is 0 Å². The topological polar surface area (TPSA) is 55.8 Å². The van der Waals surface area contributed by atoms with Gasteiger partial charge in [0.2, 0.25) is 0 Å². The quantitative estimate of drug-likeness (QED) is 0.854. The van der Waals surface area contributed by atoms with Gasteiger partial charge in [-0.05, 0) is 49.8 Å². The molecule has 1 saturated carbocycles. The molecule has 0 unspecified atom stereocenters. The second-order valence-electron chi connectivity index (χ2n) is 6.04. The van der Waals surface area contributed by atoms with Crippen LogP contribution < -0.4 is 9.47 Å². The van der Waals surface area contributed by atoms with Crippen molar-refractivity contribution < 1.29 is 32.5 Å². The average Bonchev–Trinajstić information content (AvgIpc) is 2.89. The van der Waals surface area contributed by atoms with Crippen molar-refractivity contribution in [2.45, 2.75) is 51.5 Å². The summed E-state index contributed by atoms with van der Waals surface area (Å²) in [7, 11) is 0. The Morgan fingerprint density at radius 2 is 1.83 bits per heavy atom. The average molecular weight is 332 g/mol. The van der Waals surface area contributed by atoms with Gasteiger partial charge in [-0.25, -0.2) is 4.79 Å². The summed E-state index contributed by atoms with van der Waals surface area (Å²) in [4.78, 5) is 11.1. The molecule has 2 rings (SSSR count). The van der Waals surface area contributed by atoms with Crippen LogP contribution in [-0.2, 0) is 0 Å². The van der Waals surface area contributed by atoms with Gasteiger partial charge >= 0.3 is 12.3 Å². The number of hydrogen-bond donors (Lipinski definition) is 1. The van der Waals surface area contributed by atoms with E-state index in [0.717, 1.165) is 31.0 Å². The SMILES string of the molecule is CC(C)C1(Oc2cc(C(=O)O)ccc2OC(F)(F)F)CCCC1. The Balaban J connectivity index is 2.40. The molecule has 0 heterocycles. The van der Waals surface area contributed by atoms with Crippen LogP contribution in [0.1, 0.15) is 49.9 Å². The maximum absolute atomic E-state index is 12.6. The zero-order valence-electron chi connectivity index (χ0n) is 12.9. The van der Waals surface area contributed by atoms with E-state index < -0.39 is 23.7 Å². The number of halogens is 3. The van der Waals surface area contributed by atoms with Crippen molar-refractivity contribution in [1.82, 2.24) is 0 Å². The third-order valence-corrected chi connectivity index (χ3v) is 4.23. The monoisotopic (exact) mass is 332 g/mol. The Bertz CT molecular complexity index is 575. The predicted molar refractivity (Wildman–Crippen MR) is 76.7 cm³/mol. The van der Waals surface area contributed by atoms with E-state index in [9.17, 15) is 18.0 Å². The van der Waals surface area contributed by atoms with Crippen LogP contribution in [0.25, 0.3) is 0 Å². The summed E-state index contributed by atoms with van der Waals surface area (Å²) in [6.45, 7) is 3.88. The smallest absolute Gasteiger partial charge is 0.483 e. The Morgan fingerprint density at radius 1 is 1.22 bits per heavy atom. The number of ether oxygens (including phenoxy) is 2. The largest absolute Gasteiger partial charge is 0.573 e. The molecule has 0 bridgehead atoms. The highest BCUT2D eigenvalue weighted by atomic mass is 19.4. The van der Waals surface area contributed by atoms with Gasteiger partial charge in [-0.3, -0.25) is 0 Å². The molecule has 1 aromatic rings. The van der Waals surface area contributed by atoms with Crippen LogP contribution in [0, 0.1) is 5.92 Å². The lowest BCUT2D eigenvalue weighted by Crippen LogP contribution is -2.38. The second-order valence-corrected chi connectivity index (χ2v) is 6.04. The van der Waals surface area contributed by atoms with Crippen LogP contribution in [0.5, 0.6) is 11.5 Å². The van der Waals surface area contributed by atoms with Crippen molar-refractivity contribution in [3.05, 3.63) is 23.8 Å². The van der Waals surface area contributed by atoms with E-state index in [4.69, 9.17) is 9.84 Å². The van der Waals surface area contributed by atoms with Gasteiger partial charge in [0.1, 0.15) is 5.60 Å². The summed E-state index contributed by atoms with van der Waals surface area (Å²) in [6.07, 6.45) is -1.59. The van der Waals surface area contributed by atoms with E-state index in [0.29, 0.717) is 12.8 Å². The number of carboxylic acid groups (broad SMARTS) is 1. The fourth-order valence-corrected chi connectivity index (χ4v) is 2.92. The number of aromatic carboxylic acids is 1. The molecule has 23 heavy (non-hydrogen) atoms. The molecule has 128 valence electrons. The summed E-state index contributed by atoms with van der Waals surface area (Å²) < 4.78 is 47.6. The van der Waals surface area contributed by atoms with Crippen LogP contribution in [0.4, 0.5) is 13.2 Å². The molecule has 1 aliphatic carbocycles. The molecule has 0 aliphatic heterocycles. The lowest BCUT2D eigenvalue weighted by Gasteiger charge is -2.35. The van der Waals surface area contributed by atoms with E-state index in [1.165, 1.54) is 0 Å². The number of alkyl halides is 3. The Morgan fingerprint density at radius 3 is 2.30 bits per heavy atom. The summed E-state index contributed by atoms with van der Waals surface area (Å²) in [6, 6.07) is 3.13. The number of rotatable bonds is 5. The van der Waals surface area contributed by atoms with E-state index >= 15 is 0 Å². The normalized spacial score (nSPS) is 17.3. The molecule has 1 aliphatic rings. The molecule has 0 saturated heterocycles. The van der Waals surface area contributed by atoms with E-state index in [-0.39, 0.29) is 17.2 Å². The molecule has 1 fully saturated rings. The minimum atomic E-state index is -4.87. The van der Waals surface area contributed by atoms with Gasteiger partial charge < -0.3 is 14.6 Å². The number of carboxylic acids is 1. The van der Waals surface area contributed by atoms with Crippen molar-refractivity contribution in [3.8, 4) is 11.5 Å². The Hall–Kier alpha value is -1.92. The summed E-state index contributed by atoms with van der Waals surface area (Å²) in [5.41, 5.74) is -0.743. The molecule has 0 amide bonds. The molecule has 0 spiro atoms. The Kier molecular flexibility index (Phi) is 4.77. The minimum Gasteiger partial charge on any atom is -0.483 e. The van der Waals surface area contributed by atoms with Crippen molar-refractivity contribution in [3.63, 3.8) is 0 Å². The fraction of sp³-hybridized carbons (Fsp3) is 0.562. The fourth-order valence-electron chi connectivity index (χ4n) is 2.92. The van der Waals surface area contributed by atoms with Crippen molar-refractivity contribution in [1.29, 1.82) is 0 Å². The lowest BCUT2D eigenvalue weighted by molar-refractivity contribution is -0.275. The van der Waals surface area contributed by atoms with Crippen LogP contribution in [-0.4, -0.2) is 23.0 Å². The van der Waals surface area contributed by atoms with E-state index in [1.807, 2.05) is 13.8 Å². The molecule has 1 N–H and O–H groups in total. The van der Waals surface area contributed by atoms with Crippen LogP contribution >= 0.6 is 0 Å². The predicted octanol–water partition coefficient (Wildman–Crippen LogP) is 4.63. The maximum atomic E-state index is 12.6.